The lowest BCUT2D eigenvalue weighted by Crippen LogP contribution is -1.94. The van der Waals surface area contributed by atoms with Crippen LogP contribution in [0, 0.1) is 0 Å². The molecule has 0 aliphatic heterocycles. The van der Waals surface area contributed by atoms with Crippen LogP contribution < -0.4 is 9.47 Å². The molecule has 0 aromatic carbocycles. The molecule has 0 N–H and O–H groups in total. The predicted octanol–water partition coefficient (Wildman–Crippen LogP) is 2.42. The third-order valence-corrected chi connectivity index (χ3v) is 1.81. The van der Waals surface area contributed by atoms with Crippen LogP contribution in [-0.4, -0.2) is 25.7 Å². The average Bonchev–Trinajstić information content (AvgIpc) is 2.34. The highest BCUT2D eigenvalue weighted by Gasteiger charge is 2.02. The SMILES string of the molecule is COc1ccc(C=CCN=[N+]=[N-])c(OC)n1. The maximum Gasteiger partial charge on any atom is 0.223 e. The molecule has 84 valence electrons. The molecule has 0 atom stereocenters. The van der Waals surface area contributed by atoms with E-state index in [4.69, 9.17) is 15.0 Å². The summed E-state index contributed by atoms with van der Waals surface area (Å²) in [5, 5.41) is 3.38. The van der Waals surface area contributed by atoms with Gasteiger partial charge in [-0.15, -0.1) is 0 Å². The molecule has 0 radical (unpaired) electrons. The van der Waals surface area contributed by atoms with Crippen molar-refractivity contribution in [2.45, 2.75) is 0 Å². The number of nitrogens with zero attached hydrogens (tertiary/aromatic N) is 4. The van der Waals surface area contributed by atoms with E-state index in [0.29, 0.717) is 18.3 Å². The summed E-state index contributed by atoms with van der Waals surface area (Å²) in [6, 6.07) is 3.55. The zero-order valence-electron chi connectivity index (χ0n) is 9.12. The second kappa shape index (κ2) is 6.31. The number of ether oxygens (including phenoxy) is 2. The van der Waals surface area contributed by atoms with Gasteiger partial charge in [0.1, 0.15) is 0 Å². The predicted molar refractivity (Wildman–Crippen MR) is 60.4 cm³/mol. The van der Waals surface area contributed by atoms with Crippen LogP contribution in [0.4, 0.5) is 0 Å². The summed E-state index contributed by atoms with van der Waals surface area (Å²) < 4.78 is 10.1. The number of rotatable bonds is 5. The molecular formula is C10H12N4O2. The molecule has 0 bridgehead atoms. The molecule has 0 unspecified atom stereocenters. The van der Waals surface area contributed by atoms with Gasteiger partial charge in [0.05, 0.1) is 14.2 Å². The first-order valence-corrected chi connectivity index (χ1v) is 4.58. The lowest BCUT2D eigenvalue weighted by Gasteiger charge is -2.05. The molecule has 0 saturated carbocycles. The van der Waals surface area contributed by atoms with E-state index in [2.05, 4.69) is 15.0 Å². The molecule has 1 aromatic heterocycles. The zero-order valence-corrected chi connectivity index (χ0v) is 9.12. The highest BCUT2D eigenvalue weighted by molar-refractivity contribution is 5.55. The van der Waals surface area contributed by atoms with Gasteiger partial charge in [-0.3, -0.25) is 0 Å². The summed E-state index contributed by atoms with van der Waals surface area (Å²) >= 11 is 0. The maximum absolute atomic E-state index is 8.10. The molecule has 6 nitrogen and oxygen atoms in total. The van der Waals surface area contributed by atoms with Crippen LogP contribution in [-0.2, 0) is 0 Å². The van der Waals surface area contributed by atoms with Gasteiger partial charge in [-0.1, -0.05) is 17.3 Å². The van der Waals surface area contributed by atoms with Gasteiger partial charge in [-0.05, 0) is 11.6 Å². The fraction of sp³-hybridized carbons (Fsp3) is 0.300. The Morgan fingerprint density at radius 2 is 2.25 bits per heavy atom. The monoisotopic (exact) mass is 220 g/mol. The number of methoxy groups -OCH3 is 2. The summed E-state index contributed by atoms with van der Waals surface area (Å²) in [6.45, 7) is 0.297. The van der Waals surface area contributed by atoms with Crippen LogP contribution in [0.2, 0.25) is 0 Å². The van der Waals surface area contributed by atoms with E-state index in [-0.39, 0.29) is 0 Å². The molecule has 1 rings (SSSR count). The molecule has 0 amide bonds. The van der Waals surface area contributed by atoms with Gasteiger partial charge in [0.2, 0.25) is 11.8 Å². The molecule has 1 heterocycles. The lowest BCUT2D eigenvalue weighted by molar-refractivity contribution is 0.364. The summed E-state index contributed by atoms with van der Waals surface area (Å²) in [5.41, 5.74) is 8.91. The number of hydrogen-bond acceptors (Lipinski definition) is 4. The van der Waals surface area contributed by atoms with Crippen molar-refractivity contribution in [1.82, 2.24) is 4.98 Å². The molecule has 0 saturated heterocycles. The Kier molecular flexibility index (Phi) is 4.69. The van der Waals surface area contributed by atoms with E-state index in [1.807, 2.05) is 6.07 Å². The van der Waals surface area contributed by atoms with E-state index in [0.717, 1.165) is 5.56 Å². The van der Waals surface area contributed by atoms with Gasteiger partial charge in [0.15, 0.2) is 0 Å². The number of hydrogen-bond donors (Lipinski definition) is 0. The Bertz CT molecular complexity index is 425. The van der Waals surface area contributed by atoms with Crippen molar-refractivity contribution in [1.29, 1.82) is 0 Å². The molecule has 0 spiro atoms. The van der Waals surface area contributed by atoms with Gasteiger partial charge in [0.25, 0.3) is 0 Å². The van der Waals surface area contributed by atoms with Gasteiger partial charge < -0.3 is 9.47 Å². The number of pyridine rings is 1. The Labute approximate surface area is 93.1 Å². The standard InChI is InChI=1S/C10H12N4O2/c1-15-9-6-5-8(10(13-9)16-2)4-3-7-12-14-11/h3-6H,7H2,1-2H3. The second-order valence-electron chi connectivity index (χ2n) is 2.77. The van der Waals surface area contributed by atoms with Gasteiger partial charge >= 0.3 is 0 Å². The lowest BCUT2D eigenvalue weighted by atomic mass is 10.2. The molecule has 16 heavy (non-hydrogen) atoms. The van der Waals surface area contributed by atoms with Crippen LogP contribution in [0.15, 0.2) is 23.3 Å². The van der Waals surface area contributed by atoms with Crippen LogP contribution in [0.5, 0.6) is 11.8 Å². The minimum Gasteiger partial charge on any atom is -0.481 e. The molecule has 0 aliphatic carbocycles. The van der Waals surface area contributed by atoms with Crippen LogP contribution >= 0.6 is 0 Å². The molecular weight excluding hydrogens is 208 g/mol. The molecule has 1 aromatic rings. The summed E-state index contributed by atoms with van der Waals surface area (Å²) in [6.07, 6.45) is 3.51. The van der Waals surface area contributed by atoms with Gasteiger partial charge in [-0.2, -0.15) is 4.98 Å². The summed E-state index contributed by atoms with van der Waals surface area (Å²) in [4.78, 5) is 6.75. The van der Waals surface area contributed by atoms with Gasteiger partial charge in [-0.25, -0.2) is 0 Å². The van der Waals surface area contributed by atoms with Crippen LogP contribution in [0.1, 0.15) is 5.56 Å². The van der Waals surface area contributed by atoms with Gasteiger partial charge in [0, 0.05) is 23.1 Å². The summed E-state index contributed by atoms with van der Waals surface area (Å²) in [7, 11) is 3.07. The third-order valence-electron chi connectivity index (χ3n) is 1.81. The highest BCUT2D eigenvalue weighted by atomic mass is 16.5. The van der Waals surface area contributed by atoms with Crippen molar-refractivity contribution in [3.63, 3.8) is 0 Å². The Balaban J connectivity index is 2.86. The Morgan fingerprint density at radius 3 is 2.88 bits per heavy atom. The maximum atomic E-state index is 8.10. The quantitative estimate of drug-likeness (QED) is 0.434. The minimum absolute atomic E-state index is 0.297. The zero-order chi connectivity index (χ0) is 11.8. The van der Waals surface area contributed by atoms with E-state index >= 15 is 0 Å². The van der Waals surface area contributed by atoms with E-state index in [1.54, 1.807) is 25.3 Å². The Morgan fingerprint density at radius 1 is 1.44 bits per heavy atom. The van der Waals surface area contributed by atoms with Crippen molar-refractivity contribution in [2.75, 3.05) is 20.8 Å². The van der Waals surface area contributed by atoms with Crippen molar-refractivity contribution >= 4 is 6.08 Å². The van der Waals surface area contributed by atoms with Crippen molar-refractivity contribution in [3.8, 4) is 11.8 Å². The first kappa shape index (κ1) is 11.9. The van der Waals surface area contributed by atoms with Crippen molar-refractivity contribution < 1.29 is 9.47 Å². The first-order valence-electron chi connectivity index (χ1n) is 4.58. The van der Waals surface area contributed by atoms with E-state index in [9.17, 15) is 0 Å². The fourth-order valence-corrected chi connectivity index (χ4v) is 1.10. The highest BCUT2D eigenvalue weighted by Crippen LogP contribution is 2.20. The second-order valence-corrected chi connectivity index (χ2v) is 2.77. The minimum atomic E-state index is 0.297. The van der Waals surface area contributed by atoms with Crippen molar-refractivity contribution in [2.24, 2.45) is 5.11 Å². The molecule has 0 aliphatic rings. The van der Waals surface area contributed by atoms with E-state index in [1.165, 1.54) is 7.11 Å². The fourth-order valence-electron chi connectivity index (χ4n) is 1.10. The third kappa shape index (κ3) is 3.18. The normalized spacial score (nSPS) is 9.88. The average molecular weight is 220 g/mol. The smallest absolute Gasteiger partial charge is 0.223 e. The van der Waals surface area contributed by atoms with Crippen molar-refractivity contribution in [3.05, 3.63) is 34.2 Å². The van der Waals surface area contributed by atoms with Crippen LogP contribution in [0.3, 0.4) is 0 Å². The topological polar surface area (TPSA) is 80.1 Å². The largest absolute Gasteiger partial charge is 0.481 e. The molecule has 0 fully saturated rings. The number of azide groups is 1. The number of aromatic nitrogens is 1. The van der Waals surface area contributed by atoms with E-state index < -0.39 is 0 Å². The summed E-state index contributed by atoms with van der Waals surface area (Å²) in [5.74, 6) is 0.959. The van der Waals surface area contributed by atoms with Crippen LogP contribution in [0.25, 0.3) is 16.5 Å². The first-order chi connectivity index (χ1) is 7.81. The molecule has 6 heteroatoms. The Hall–Kier alpha value is -2.20.